The van der Waals surface area contributed by atoms with Gasteiger partial charge in [0.25, 0.3) is 5.91 Å². The molecule has 0 aliphatic carbocycles. The fourth-order valence-corrected chi connectivity index (χ4v) is 5.99. The van der Waals surface area contributed by atoms with Crippen molar-refractivity contribution in [3.63, 3.8) is 0 Å². The number of amides is 1. The van der Waals surface area contributed by atoms with Crippen LogP contribution in [-0.4, -0.2) is 41.0 Å². The summed E-state index contributed by atoms with van der Waals surface area (Å²) < 4.78 is 23.4. The first-order valence-corrected chi connectivity index (χ1v) is 13.9. The highest BCUT2D eigenvalue weighted by Gasteiger charge is 2.44. The summed E-state index contributed by atoms with van der Waals surface area (Å²) in [5.41, 5.74) is -0.920. The van der Waals surface area contributed by atoms with E-state index in [-0.39, 0.29) is 17.5 Å². The molecule has 0 aliphatic heterocycles. The molecule has 2 aromatic carbocycles. The van der Waals surface area contributed by atoms with Gasteiger partial charge >= 0.3 is 15.2 Å². The normalized spacial score (nSPS) is 12.1. The zero-order valence-electron chi connectivity index (χ0n) is 17.1. The van der Waals surface area contributed by atoms with E-state index in [2.05, 4.69) is 20.6 Å². The molecule has 0 fully saturated rings. The first kappa shape index (κ1) is 24.2. The van der Waals surface area contributed by atoms with Crippen LogP contribution in [0, 0.1) is 0 Å². The predicted octanol–water partition coefficient (Wildman–Crippen LogP) is 3.66. The van der Waals surface area contributed by atoms with Crippen LogP contribution in [-0.2, 0) is 9.13 Å². The molecule has 1 amide bonds. The Bertz CT molecular complexity index is 1410. The molecular formula is C20H18N4O7P2S. The van der Waals surface area contributed by atoms with Crippen molar-refractivity contribution in [3.8, 4) is 11.4 Å². The molecule has 0 bridgehead atoms. The topological polar surface area (TPSA) is 182 Å². The molecule has 0 radical (unpaired) electrons. The Kier molecular flexibility index (Phi) is 6.66. The number of fused-ring (bicyclic) bond motifs is 1. The van der Waals surface area contributed by atoms with Crippen molar-refractivity contribution in [3.05, 3.63) is 71.6 Å². The van der Waals surface area contributed by atoms with Gasteiger partial charge in [0, 0.05) is 16.8 Å². The highest BCUT2D eigenvalue weighted by molar-refractivity contribution is 7.71. The fraction of sp³-hybridized carbons (Fsp3) is 0.0500. The van der Waals surface area contributed by atoms with Crippen LogP contribution in [0.1, 0.15) is 10.4 Å². The van der Waals surface area contributed by atoms with Crippen molar-refractivity contribution in [1.82, 2.24) is 9.97 Å². The molecule has 14 heteroatoms. The molecule has 34 heavy (non-hydrogen) atoms. The van der Waals surface area contributed by atoms with E-state index in [1.54, 1.807) is 66.0 Å². The average molecular weight is 520 g/mol. The van der Waals surface area contributed by atoms with Crippen LogP contribution in [0.25, 0.3) is 21.6 Å². The summed E-state index contributed by atoms with van der Waals surface area (Å²) in [6.07, 6.45) is 0. The Hall–Kier alpha value is -2.95. The number of benzene rings is 2. The number of carbonyl (C=O) groups is 1. The summed E-state index contributed by atoms with van der Waals surface area (Å²) in [4.78, 5) is 59.3. The summed E-state index contributed by atoms with van der Waals surface area (Å²) in [5.74, 6) is -0.245. The number of carbonyl (C=O) groups excluding carboxylic acids is 1. The number of anilines is 2. The Morgan fingerprint density at radius 3 is 2.15 bits per heavy atom. The van der Waals surface area contributed by atoms with Gasteiger partial charge in [-0.1, -0.05) is 18.2 Å². The lowest BCUT2D eigenvalue weighted by Crippen LogP contribution is -2.21. The molecule has 4 rings (SSSR count). The smallest absolute Gasteiger partial charge is 0.346 e. The number of hydrogen-bond acceptors (Lipinski definition) is 7. The van der Waals surface area contributed by atoms with E-state index in [0.717, 1.165) is 0 Å². The van der Waals surface area contributed by atoms with E-state index in [9.17, 15) is 33.5 Å². The number of aromatic nitrogens is 2. The lowest BCUT2D eigenvalue weighted by atomic mass is 10.1. The van der Waals surface area contributed by atoms with Crippen molar-refractivity contribution in [1.29, 1.82) is 0 Å². The summed E-state index contributed by atoms with van der Waals surface area (Å²) in [5, 5.41) is 7.02. The van der Waals surface area contributed by atoms with Crippen LogP contribution in [0.3, 0.4) is 0 Å². The molecule has 0 saturated heterocycles. The molecule has 2 aromatic heterocycles. The standard InChI is InChI=1S/C20H18N4O7P2S/c25-18(13-4-2-1-3-5-13)21-14-8-6-12(7-9-14)16-22-17(15-10-11-34-19(15)23-16)24-20(32(26,27)28)33(29,30)31/h1-11,20H,(H,21,25)(H,22,23,24)(H2,26,27,28)(H2,29,30,31). The Labute approximate surface area is 196 Å². The van der Waals surface area contributed by atoms with Crippen molar-refractivity contribution >= 4 is 54.2 Å². The van der Waals surface area contributed by atoms with E-state index in [4.69, 9.17) is 0 Å². The van der Waals surface area contributed by atoms with Crippen LogP contribution in [0.5, 0.6) is 0 Å². The Balaban J connectivity index is 1.64. The summed E-state index contributed by atoms with van der Waals surface area (Å²) >= 11 is 1.23. The second kappa shape index (κ2) is 9.36. The molecule has 0 saturated carbocycles. The van der Waals surface area contributed by atoms with E-state index in [1.807, 2.05) is 0 Å². The van der Waals surface area contributed by atoms with Gasteiger partial charge in [-0.25, -0.2) is 9.97 Å². The fourth-order valence-electron chi connectivity index (χ4n) is 3.08. The molecule has 0 unspecified atom stereocenters. The van der Waals surface area contributed by atoms with Crippen molar-refractivity contribution in [2.45, 2.75) is 5.52 Å². The number of hydrogen-bond donors (Lipinski definition) is 6. The van der Waals surface area contributed by atoms with Crippen molar-refractivity contribution < 1.29 is 33.5 Å². The summed E-state index contributed by atoms with van der Waals surface area (Å²) in [6.45, 7) is 0. The average Bonchev–Trinajstić information content (AvgIpc) is 3.26. The number of rotatable bonds is 7. The highest BCUT2D eigenvalue weighted by atomic mass is 32.1. The minimum absolute atomic E-state index is 0.126. The van der Waals surface area contributed by atoms with Crippen molar-refractivity contribution in [2.75, 3.05) is 10.6 Å². The third-order valence-electron chi connectivity index (χ3n) is 4.67. The molecule has 6 N–H and O–H groups in total. The Morgan fingerprint density at radius 1 is 0.882 bits per heavy atom. The molecule has 4 aromatic rings. The summed E-state index contributed by atoms with van der Waals surface area (Å²) in [7, 11) is -10.5. The van der Waals surface area contributed by atoms with Gasteiger partial charge in [-0.05, 0) is 47.8 Å². The second-order valence-electron chi connectivity index (χ2n) is 7.13. The number of nitrogens with one attached hydrogen (secondary N) is 2. The zero-order valence-corrected chi connectivity index (χ0v) is 19.7. The second-order valence-corrected chi connectivity index (χ2v) is 11.8. The van der Waals surface area contributed by atoms with Crippen LogP contribution in [0.15, 0.2) is 66.0 Å². The molecule has 0 aliphatic rings. The number of nitrogens with zero attached hydrogens (tertiary/aromatic N) is 2. The largest absolute Gasteiger partial charge is 0.360 e. The molecule has 2 heterocycles. The third kappa shape index (κ3) is 5.40. The van der Waals surface area contributed by atoms with Gasteiger partial charge in [-0.3, -0.25) is 13.9 Å². The quantitative estimate of drug-likeness (QED) is 0.197. The molecule has 11 nitrogen and oxygen atoms in total. The van der Waals surface area contributed by atoms with Crippen LogP contribution >= 0.6 is 26.5 Å². The van der Waals surface area contributed by atoms with Gasteiger partial charge < -0.3 is 30.2 Å². The van der Waals surface area contributed by atoms with E-state index >= 15 is 0 Å². The SMILES string of the molecule is O=C(Nc1ccc(-c2nc(NC(P(=O)(O)O)P(=O)(O)O)c3ccsc3n2)cc1)c1ccccc1. The molecular weight excluding hydrogens is 502 g/mol. The van der Waals surface area contributed by atoms with Crippen molar-refractivity contribution in [2.24, 2.45) is 0 Å². The molecule has 176 valence electrons. The highest BCUT2D eigenvalue weighted by Crippen LogP contribution is 2.59. The van der Waals surface area contributed by atoms with Gasteiger partial charge in [0.15, 0.2) is 5.82 Å². The predicted molar refractivity (Wildman–Crippen MR) is 129 cm³/mol. The maximum absolute atomic E-state index is 12.3. The Morgan fingerprint density at radius 2 is 1.53 bits per heavy atom. The van der Waals surface area contributed by atoms with Gasteiger partial charge in [-0.2, -0.15) is 0 Å². The lowest BCUT2D eigenvalue weighted by Gasteiger charge is -2.21. The minimum atomic E-state index is -5.23. The minimum Gasteiger partial charge on any atom is -0.346 e. The molecule has 0 atom stereocenters. The maximum Gasteiger partial charge on any atom is 0.360 e. The molecule has 0 spiro atoms. The third-order valence-corrected chi connectivity index (χ3v) is 8.81. The monoisotopic (exact) mass is 520 g/mol. The van der Waals surface area contributed by atoms with Gasteiger partial charge in [0.2, 0.25) is 5.52 Å². The first-order valence-electron chi connectivity index (χ1n) is 9.61. The van der Waals surface area contributed by atoms with E-state index in [1.165, 1.54) is 11.3 Å². The number of thiophene rings is 1. The zero-order chi connectivity index (χ0) is 24.5. The van der Waals surface area contributed by atoms with E-state index < -0.39 is 20.7 Å². The van der Waals surface area contributed by atoms with Crippen LogP contribution in [0.2, 0.25) is 0 Å². The van der Waals surface area contributed by atoms with Gasteiger partial charge in [0.1, 0.15) is 10.6 Å². The van der Waals surface area contributed by atoms with Gasteiger partial charge in [0.05, 0.1) is 5.39 Å². The summed E-state index contributed by atoms with van der Waals surface area (Å²) in [6, 6.07) is 16.8. The van der Waals surface area contributed by atoms with Gasteiger partial charge in [-0.15, -0.1) is 11.3 Å². The maximum atomic E-state index is 12.3. The first-order chi connectivity index (χ1) is 16.0. The lowest BCUT2D eigenvalue weighted by molar-refractivity contribution is 0.102. The van der Waals surface area contributed by atoms with Crippen LogP contribution in [0.4, 0.5) is 11.5 Å². The van der Waals surface area contributed by atoms with Crippen LogP contribution < -0.4 is 10.6 Å². The van der Waals surface area contributed by atoms with E-state index in [0.29, 0.717) is 27.0 Å².